The van der Waals surface area contributed by atoms with E-state index in [4.69, 9.17) is 4.74 Å². The van der Waals surface area contributed by atoms with Crippen LogP contribution >= 0.6 is 0 Å². The predicted octanol–water partition coefficient (Wildman–Crippen LogP) is 4.42. The van der Waals surface area contributed by atoms with Crippen molar-refractivity contribution in [1.29, 1.82) is 0 Å². The van der Waals surface area contributed by atoms with E-state index < -0.39 is 0 Å². The Hall–Kier alpha value is -2.62. The number of carbonyl (C=O) groups excluding carboxylic acids is 2. The van der Waals surface area contributed by atoms with Gasteiger partial charge in [-0.05, 0) is 47.9 Å². The summed E-state index contributed by atoms with van der Waals surface area (Å²) in [4.78, 5) is 23.6. The van der Waals surface area contributed by atoms with Gasteiger partial charge < -0.3 is 10.1 Å². The second kappa shape index (κ2) is 8.29. The maximum Gasteiger partial charge on any atom is 0.262 e. The van der Waals surface area contributed by atoms with Crippen LogP contribution in [0.5, 0.6) is 5.75 Å². The van der Waals surface area contributed by atoms with Gasteiger partial charge in [0, 0.05) is 17.7 Å². The minimum absolute atomic E-state index is 0.0764. The van der Waals surface area contributed by atoms with Crippen LogP contribution < -0.4 is 10.1 Å². The number of benzene rings is 2. The molecule has 0 fully saturated rings. The average molecular weight is 325 g/mol. The third-order valence-electron chi connectivity index (χ3n) is 3.70. The zero-order chi connectivity index (χ0) is 17.5. The normalized spacial score (nSPS) is 10.5. The van der Waals surface area contributed by atoms with Gasteiger partial charge in [-0.2, -0.15) is 0 Å². The molecule has 2 aromatic carbocycles. The predicted molar refractivity (Wildman–Crippen MR) is 95.7 cm³/mol. The first-order valence-corrected chi connectivity index (χ1v) is 8.15. The summed E-state index contributed by atoms with van der Waals surface area (Å²) in [6.45, 7) is 5.96. The number of carbonyl (C=O) groups is 2. The van der Waals surface area contributed by atoms with Crippen molar-refractivity contribution in [2.45, 2.75) is 33.1 Å². The molecule has 0 heterocycles. The number of ketones is 1. The second-order valence-corrected chi connectivity index (χ2v) is 5.92. The molecule has 4 heteroatoms. The summed E-state index contributed by atoms with van der Waals surface area (Å²) < 4.78 is 5.46. The van der Waals surface area contributed by atoms with Gasteiger partial charge in [0.15, 0.2) is 12.4 Å². The monoisotopic (exact) mass is 325 g/mol. The van der Waals surface area contributed by atoms with Crippen LogP contribution in [0.3, 0.4) is 0 Å². The van der Waals surface area contributed by atoms with Crippen LogP contribution in [0.4, 0.5) is 5.69 Å². The third-order valence-corrected chi connectivity index (χ3v) is 3.70. The topological polar surface area (TPSA) is 55.4 Å². The van der Waals surface area contributed by atoms with E-state index >= 15 is 0 Å². The Labute approximate surface area is 142 Å². The smallest absolute Gasteiger partial charge is 0.262 e. The van der Waals surface area contributed by atoms with Crippen molar-refractivity contribution in [3.63, 3.8) is 0 Å². The van der Waals surface area contributed by atoms with Gasteiger partial charge in [-0.15, -0.1) is 0 Å². The lowest BCUT2D eigenvalue weighted by molar-refractivity contribution is -0.118. The maximum atomic E-state index is 12.0. The van der Waals surface area contributed by atoms with Crippen LogP contribution in [-0.4, -0.2) is 18.3 Å². The fourth-order valence-electron chi connectivity index (χ4n) is 2.26. The largest absolute Gasteiger partial charge is 0.484 e. The highest BCUT2D eigenvalue weighted by Gasteiger charge is 2.07. The molecule has 1 amide bonds. The molecule has 2 rings (SSSR count). The SMILES string of the molecule is CCC(=O)c1ccc(OCC(=O)Nc2cccc(C(C)C)c2)cc1. The molecule has 0 aliphatic rings. The van der Waals surface area contributed by atoms with Crippen molar-refractivity contribution in [2.75, 3.05) is 11.9 Å². The van der Waals surface area contributed by atoms with Gasteiger partial charge in [0.25, 0.3) is 5.91 Å². The maximum absolute atomic E-state index is 12.0. The number of amides is 1. The van der Waals surface area contributed by atoms with Gasteiger partial charge in [-0.25, -0.2) is 0 Å². The Kier molecular flexibility index (Phi) is 6.13. The van der Waals surface area contributed by atoms with Crippen molar-refractivity contribution in [1.82, 2.24) is 0 Å². The first-order valence-electron chi connectivity index (χ1n) is 8.15. The Morgan fingerprint density at radius 2 is 1.79 bits per heavy atom. The van der Waals surface area contributed by atoms with Gasteiger partial charge in [0.2, 0.25) is 0 Å². The number of nitrogens with one attached hydrogen (secondary N) is 1. The molecule has 0 aliphatic heterocycles. The van der Waals surface area contributed by atoms with E-state index in [1.165, 1.54) is 5.56 Å². The van der Waals surface area contributed by atoms with E-state index in [-0.39, 0.29) is 18.3 Å². The highest BCUT2D eigenvalue weighted by atomic mass is 16.5. The molecular formula is C20H23NO3. The number of Topliss-reactive ketones (excluding diaryl/α,β-unsaturated/α-hetero) is 1. The van der Waals surface area contributed by atoms with Crippen molar-refractivity contribution in [3.05, 3.63) is 59.7 Å². The molecule has 126 valence electrons. The molecule has 24 heavy (non-hydrogen) atoms. The number of hydrogen-bond acceptors (Lipinski definition) is 3. The molecule has 1 N–H and O–H groups in total. The summed E-state index contributed by atoms with van der Waals surface area (Å²) in [7, 11) is 0. The van der Waals surface area contributed by atoms with Gasteiger partial charge in [-0.3, -0.25) is 9.59 Å². The molecule has 0 spiro atoms. The summed E-state index contributed by atoms with van der Waals surface area (Å²) in [5, 5.41) is 2.83. The van der Waals surface area contributed by atoms with Gasteiger partial charge in [0.05, 0.1) is 0 Å². The average Bonchev–Trinajstić information content (AvgIpc) is 2.60. The zero-order valence-corrected chi connectivity index (χ0v) is 14.3. The molecule has 0 saturated carbocycles. The first-order chi connectivity index (χ1) is 11.5. The number of hydrogen-bond donors (Lipinski definition) is 1. The number of anilines is 1. The Morgan fingerprint density at radius 3 is 2.42 bits per heavy atom. The number of rotatable bonds is 7. The van der Waals surface area contributed by atoms with Crippen LogP contribution in [0, 0.1) is 0 Å². The van der Waals surface area contributed by atoms with E-state index in [1.807, 2.05) is 31.2 Å². The van der Waals surface area contributed by atoms with Crippen molar-refractivity contribution < 1.29 is 14.3 Å². The molecule has 0 aliphatic carbocycles. The summed E-state index contributed by atoms with van der Waals surface area (Å²) in [6, 6.07) is 14.6. The fourth-order valence-corrected chi connectivity index (χ4v) is 2.26. The van der Waals surface area contributed by atoms with Crippen LogP contribution in [0.2, 0.25) is 0 Å². The first kappa shape index (κ1) is 17.7. The van der Waals surface area contributed by atoms with Gasteiger partial charge in [-0.1, -0.05) is 32.9 Å². The summed E-state index contributed by atoms with van der Waals surface area (Å²) in [6.07, 6.45) is 0.470. The summed E-state index contributed by atoms with van der Waals surface area (Å²) in [5.74, 6) is 0.838. The molecule has 0 radical (unpaired) electrons. The van der Waals surface area contributed by atoms with Gasteiger partial charge in [0.1, 0.15) is 5.75 Å². The highest BCUT2D eigenvalue weighted by molar-refractivity contribution is 5.96. The lowest BCUT2D eigenvalue weighted by atomic mass is 10.0. The third kappa shape index (κ3) is 4.95. The molecule has 0 atom stereocenters. The van der Waals surface area contributed by atoms with E-state index in [0.29, 0.717) is 23.7 Å². The zero-order valence-electron chi connectivity index (χ0n) is 14.3. The van der Waals surface area contributed by atoms with Crippen molar-refractivity contribution >= 4 is 17.4 Å². The molecule has 4 nitrogen and oxygen atoms in total. The van der Waals surface area contributed by atoms with E-state index in [2.05, 4.69) is 19.2 Å². The Bertz CT molecular complexity index is 705. The highest BCUT2D eigenvalue weighted by Crippen LogP contribution is 2.18. The number of ether oxygens (including phenoxy) is 1. The molecule has 0 unspecified atom stereocenters. The fraction of sp³-hybridized carbons (Fsp3) is 0.300. The second-order valence-electron chi connectivity index (χ2n) is 5.92. The van der Waals surface area contributed by atoms with E-state index in [1.54, 1.807) is 24.3 Å². The molecule has 0 bridgehead atoms. The lowest BCUT2D eigenvalue weighted by Crippen LogP contribution is -2.20. The summed E-state index contributed by atoms with van der Waals surface area (Å²) in [5.41, 5.74) is 2.59. The Morgan fingerprint density at radius 1 is 1.08 bits per heavy atom. The molecule has 2 aromatic rings. The molecule has 0 aromatic heterocycles. The minimum atomic E-state index is -0.218. The van der Waals surface area contributed by atoms with Crippen LogP contribution in [0.15, 0.2) is 48.5 Å². The van der Waals surface area contributed by atoms with Crippen LogP contribution in [0.25, 0.3) is 0 Å². The minimum Gasteiger partial charge on any atom is -0.484 e. The van der Waals surface area contributed by atoms with Gasteiger partial charge >= 0.3 is 0 Å². The van der Waals surface area contributed by atoms with Crippen molar-refractivity contribution in [2.24, 2.45) is 0 Å². The molecule has 0 saturated heterocycles. The quantitative estimate of drug-likeness (QED) is 0.767. The van der Waals surface area contributed by atoms with E-state index in [9.17, 15) is 9.59 Å². The molecular weight excluding hydrogens is 302 g/mol. The van der Waals surface area contributed by atoms with Crippen molar-refractivity contribution in [3.8, 4) is 5.75 Å². The lowest BCUT2D eigenvalue weighted by Gasteiger charge is -2.10. The van der Waals surface area contributed by atoms with E-state index in [0.717, 1.165) is 5.69 Å². The standard InChI is InChI=1S/C20H23NO3/c1-4-19(22)15-8-10-18(11-9-15)24-13-20(23)21-17-7-5-6-16(12-17)14(2)3/h5-12,14H,4,13H2,1-3H3,(H,21,23). The van der Waals surface area contributed by atoms with Crippen LogP contribution in [0.1, 0.15) is 49.0 Å². The van der Waals surface area contributed by atoms with Crippen LogP contribution in [-0.2, 0) is 4.79 Å². The summed E-state index contributed by atoms with van der Waals surface area (Å²) >= 11 is 0. The Balaban J connectivity index is 1.89.